The van der Waals surface area contributed by atoms with Crippen LogP contribution in [0.4, 0.5) is 20.4 Å². The van der Waals surface area contributed by atoms with Gasteiger partial charge in [0, 0.05) is 31.9 Å². The Kier molecular flexibility index (Phi) is 5.71. The molecule has 0 radical (unpaired) electrons. The lowest BCUT2D eigenvalue weighted by Gasteiger charge is -2.20. The summed E-state index contributed by atoms with van der Waals surface area (Å²) in [6.45, 7) is 8.69. The van der Waals surface area contributed by atoms with Crippen molar-refractivity contribution in [2.24, 2.45) is 18.9 Å². The molecule has 1 saturated carbocycles. The maximum Gasteiger partial charge on any atom is 0.338 e. The van der Waals surface area contributed by atoms with Crippen molar-refractivity contribution in [3.8, 4) is 11.3 Å². The van der Waals surface area contributed by atoms with E-state index in [1.807, 2.05) is 4.90 Å². The molecule has 2 aliphatic rings. The van der Waals surface area contributed by atoms with Gasteiger partial charge in [-0.1, -0.05) is 0 Å². The number of hydrogen-bond acceptors (Lipinski definition) is 8. The van der Waals surface area contributed by atoms with E-state index in [4.69, 9.17) is 6.57 Å². The number of aromatic nitrogens is 7. The monoisotopic (exact) mass is 548 g/mol. The third-order valence-corrected chi connectivity index (χ3v) is 7.52. The summed E-state index contributed by atoms with van der Waals surface area (Å²) >= 11 is 0. The van der Waals surface area contributed by atoms with Crippen molar-refractivity contribution < 1.29 is 13.6 Å². The third-order valence-electron chi connectivity index (χ3n) is 7.52. The molecule has 1 aliphatic carbocycles. The van der Waals surface area contributed by atoms with Gasteiger partial charge in [-0.25, -0.2) is 35.1 Å². The van der Waals surface area contributed by atoms with Crippen LogP contribution in [0.15, 0.2) is 46.6 Å². The molecular weight excluding hydrogens is 526 g/mol. The first kappa shape index (κ1) is 25.3. The molecule has 4 aromatic rings. The van der Waals surface area contributed by atoms with Crippen molar-refractivity contribution in [1.29, 1.82) is 0 Å². The fourth-order valence-electron chi connectivity index (χ4n) is 5.12. The Balaban J connectivity index is 1.20. The van der Waals surface area contributed by atoms with Crippen LogP contribution in [0.3, 0.4) is 0 Å². The summed E-state index contributed by atoms with van der Waals surface area (Å²) in [6, 6.07) is 2.58. The van der Waals surface area contributed by atoms with Gasteiger partial charge < -0.3 is 14.8 Å². The molecule has 1 saturated heterocycles. The van der Waals surface area contributed by atoms with E-state index in [-0.39, 0.29) is 30.1 Å². The summed E-state index contributed by atoms with van der Waals surface area (Å²) in [5.41, 5.74) is -0.234. The second-order valence-electron chi connectivity index (χ2n) is 9.85. The van der Waals surface area contributed by atoms with Crippen molar-refractivity contribution in [2.75, 3.05) is 23.3 Å². The Morgan fingerprint density at radius 2 is 1.95 bits per heavy atom. The lowest BCUT2D eigenvalue weighted by Crippen LogP contribution is -2.39. The average molecular weight is 549 g/mol. The molecule has 1 amide bonds. The van der Waals surface area contributed by atoms with Crippen LogP contribution < -0.4 is 21.5 Å². The van der Waals surface area contributed by atoms with Crippen LogP contribution in [0.5, 0.6) is 0 Å². The van der Waals surface area contributed by atoms with Gasteiger partial charge in [0.15, 0.2) is 17.0 Å². The van der Waals surface area contributed by atoms with Gasteiger partial charge in [-0.2, -0.15) is 4.57 Å². The fraction of sp³-hybridized carbons (Fsp3) is 0.360. The number of hydrogen-bond donors (Lipinski definition) is 1. The van der Waals surface area contributed by atoms with Gasteiger partial charge in [-0.05, 0) is 19.1 Å². The summed E-state index contributed by atoms with van der Waals surface area (Å²) in [6.07, 6.45) is 5.74. The van der Waals surface area contributed by atoms with Gasteiger partial charge in [-0.15, -0.1) is 0 Å². The lowest BCUT2D eigenvalue weighted by molar-refractivity contribution is -0.118. The number of amides is 1. The molecule has 0 spiro atoms. The minimum absolute atomic E-state index is 0.0124. The number of anilines is 2. The van der Waals surface area contributed by atoms with Gasteiger partial charge in [0.25, 0.3) is 18.2 Å². The second kappa shape index (κ2) is 9.04. The molecule has 1 N–H and O–H groups in total. The SMILES string of the molecule is [C-]#[N+]Cn1c(=O)c2c(ncn2[C@@H](C)C(=O)Nc2cncc(-c3ccc(N4CC5C(C4)C5(F)F)nc3)n2)n(C)c1=O. The summed E-state index contributed by atoms with van der Waals surface area (Å²) in [4.78, 5) is 60.6. The molecule has 0 bridgehead atoms. The normalized spacial score (nSPS) is 19.7. The van der Waals surface area contributed by atoms with Crippen LogP contribution in [0.25, 0.3) is 27.3 Å². The summed E-state index contributed by atoms with van der Waals surface area (Å²) in [5.74, 6) is -3.52. The van der Waals surface area contributed by atoms with Crippen LogP contribution in [-0.4, -0.2) is 58.6 Å². The Hall–Kier alpha value is -5.00. The van der Waals surface area contributed by atoms with E-state index in [9.17, 15) is 23.2 Å². The highest BCUT2D eigenvalue weighted by atomic mass is 19.3. The van der Waals surface area contributed by atoms with E-state index < -0.39 is 47.6 Å². The number of carbonyl (C=O) groups excluding carboxylic acids is 1. The highest BCUT2D eigenvalue weighted by molar-refractivity contribution is 5.93. The Labute approximate surface area is 224 Å². The first-order chi connectivity index (χ1) is 19.1. The zero-order chi connectivity index (χ0) is 28.3. The average Bonchev–Trinajstić information content (AvgIpc) is 3.38. The van der Waals surface area contributed by atoms with Crippen LogP contribution in [0.1, 0.15) is 13.0 Å². The van der Waals surface area contributed by atoms with Crippen molar-refractivity contribution in [3.05, 3.63) is 69.3 Å². The molecule has 204 valence electrons. The largest absolute Gasteiger partial charge is 0.356 e. The Morgan fingerprint density at radius 3 is 2.62 bits per heavy atom. The molecule has 0 aromatic carbocycles. The molecule has 13 nitrogen and oxygen atoms in total. The van der Waals surface area contributed by atoms with Crippen molar-refractivity contribution in [1.82, 2.24) is 33.6 Å². The number of halogens is 2. The van der Waals surface area contributed by atoms with Gasteiger partial charge >= 0.3 is 5.69 Å². The predicted octanol–water partition coefficient (Wildman–Crippen LogP) is 1.53. The topological polar surface area (TPSA) is 137 Å². The van der Waals surface area contributed by atoms with Crippen molar-refractivity contribution in [2.45, 2.75) is 25.6 Å². The highest BCUT2D eigenvalue weighted by Crippen LogP contribution is 2.59. The van der Waals surface area contributed by atoms with E-state index in [0.717, 1.165) is 9.13 Å². The lowest BCUT2D eigenvalue weighted by atomic mass is 10.2. The van der Waals surface area contributed by atoms with Gasteiger partial charge in [-0.3, -0.25) is 24.0 Å². The van der Waals surface area contributed by atoms with Crippen LogP contribution in [0.2, 0.25) is 0 Å². The number of pyridine rings is 1. The maximum atomic E-state index is 13.5. The zero-order valence-corrected chi connectivity index (χ0v) is 21.3. The van der Waals surface area contributed by atoms with E-state index in [1.165, 1.54) is 30.3 Å². The van der Waals surface area contributed by atoms with E-state index in [0.29, 0.717) is 17.1 Å². The highest BCUT2D eigenvalue weighted by Gasteiger charge is 2.71. The number of rotatable bonds is 6. The molecule has 5 heterocycles. The number of alkyl halides is 2. The zero-order valence-electron chi connectivity index (χ0n) is 21.3. The Bertz CT molecular complexity index is 1810. The smallest absolute Gasteiger partial charge is 0.338 e. The van der Waals surface area contributed by atoms with Gasteiger partial charge in [0.05, 0.1) is 36.3 Å². The van der Waals surface area contributed by atoms with Crippen LogP contribution in [-0.2, 0) is 18.5 Å². The Morgan fingerprint density at radius 1 is 1.20 bits per heavy atom. The van der Waals surface area contributed by atoms with Crippen LogP contribution in [0, 0.1) is 18.4 Å². The molecule has 3 atom stereocenters. The van der Waals surface area contributed by atoms with E-state index in [2.05, 4.69) is 30.1 Å². The number of fused-ring (bicyclic) bond motifs is 2. The molecule has 40 heavy (non-hydrogen) atoms. The van der Waals surface area contributed by atoms with Crippen molar-refractivity contribution in [3.63, 3.8) is 0 Å². The molecule has 2 unspecified atom stereocenters. The molecular formula is C25H22F2N10O3. The number of carbonyl (C=O) groups is 1. The van der Waals surface area contributed by atoms with Gasteiger partial charge in [0.2, 0.25) is 5.91 Å². The summed E-state index contributed by atoms with van der Waals surface area (Å²) in [5, 5.41) is 2.68. The third kappa shape index (κ3) is 3.91. The molecule has 4 aromatic heterocycles. The molecule has 15 heteroatoms. The summed E-state index contributed by atoms with van der Waals surface area (Å²) in [7, 11) is 1.43. The standard InChI is InChI=1S/C25H22F2N10O3/c1-13(36-12-31-21-20(36)23(39)37(11-28-2)24(40)34(21)3)22(38)33-18-8-29-7-17(32-18)14-4-5-19(30-6-14)35-9-15-16(10-35)25(15,26)27/h4-8,12-13,15-16H,9-11H2,1,3H3,(H,32,33,38)/t13-,15?,16?/m0/s1. The van der Waals surface area contributed by atoms with Crippen LogP contribution >= 0.6 is 0 Å². The number of aryl methyl sites for hydroxylation is 1. The molecule has 1 aliphatic heterocycles. The van der Waals surface area contributed by atoms with Crippen molar-refractivity contribution >= 4 is 28.7 Å². The fourth-order valence-corrected chi connectivity index (χ4v) is 5.12. The minimum atomic E-state index is -2.56. The number of nitrogens with zero attached hydrogens (tertiary/aromatic N) is 9. The van der Waals surface area contributed by atoms with E-state index in [1.54, 1.807) is 25.3 Å². The molecule has 2 fully saturated rings. The first-order valence-electron chi connectivity index (χ1n) is 12.3. The first-order valence-corrected chi connectivity index (χ1v) is 12.3. The number of nitrogens with one attached hydrogen (secondary N) is 1. The van der Waals surface area contributed by atoms with Gasteiger partial charge in [0.1, 0.15) is 11.9 Å². The maximum absolute atomic E-state index is 13.5. The minimum Gasteiger partial charge on any atom is -0.356 e. The molecule has 6 rings (SSSR count). The summed E-state index contributed by atoms with van der Waals surface area (Å²) < 4.78 is 30.3. The second-order valence-corrected chi connectivity index (χ2v) is 9.85. The van der Waals surface area contributed by atoms with E-state index >= 15 is 0 Å². The number of imidazole rings is 1. The quantitative estimate of drug-likeness (QED) is 0.358. The predicted molar refractivity (Wildman–Crippen MR) is 139 cm³/mol. The number of piperidine rings is 1.